The van der Waals surface area contributed by atoms with E-state index in [-0.39, 0.29) is 11.3 Å². The maximum absolute atomic E-state index is 12.1. The van der Waals surface area contributed by atoms with Crippen LogP contribution in [-0.4, -0.2) is 11.1 Å². The normalized spacial score (nSPS) is 12.4. The van der Waals surface area contributed by atoms with E-state index in [1.165, 1.54) is 6.92 Å². The van der Waals surface area contributed by atoms with Crippen molar-refractivity contribution in [1.29, 1.82) is 5.26 Å². The van der Waals surface area contributed by atoms with Gasteiger partial charge in [0.05, 0.1) is 5.56 Å². The Labute approximate surface area is 169 Å². The van der Waals surface area contributed by atoms with E-state index in [9.17, 15) is 15.2 Å². The number of hydrogen-bond acceptors (Lipinski definition) is 4. The van der Waals surface area contributed by atoms with Crippen molar-refractivity contribution < 1.29 is 19.4 Å². The second kappa shape index (κ2) is 8.49. The Morgan fingerprint density at radius 3 is 2.41 bits per heavy atom. The molecule has 0 heterocycles. The number of carboxylic acid groups (broad SMARTS) is 1. The van der Waals surface area contributed by atoms with Crippen LogP contribution < -0.4 is 9.47 Å². The summed E-state index contributed by atoms with van der Waals surface area (Å²) in [6.45, 7) is 3.65. The minimum atomic E-state index is -1.66. The number of hydrogen-bond donors (Lipinski definition) is 1. The average Bonchev–Trinajstić information content (AvgIpc) is 2.73. The lowest BCUT2D eigenvalue weighted by atomic mass is 9.91. The van der Waals surface area contributed by atoms with Gasteiger partial charge in [0.2, 0.25) is 5.60 Å². The lowest BCUT2D eigenvalue weighted by Gasteiger charge is -2.28. The Morgan fingerprint density at radius 2 is 1.76 bits per heavy atom. The SMILES string of the molecule is Cc1ccccc1C(C)(Oc1cc(OCc2ccccc2)ccc1C#N)C(=O)O. The van der Waals surface area contributed by atoms with Gasteiger partial charge >= 0.3 is 5.97 Å². The molecule has 0 fully saturated rings. The molecule has 1 atom stereocenters. The van der Waals surface area contributed by atoms with Crippen molar-refractivity contribution in [3.8, 4) is 17.6 Å². The third kappa shape index (κ3) is 4.39. The Bertz CT molecular complexity index is 1060. The van der Waals surface area contributed by atoms with Crippen molar-refractivity contribution >= 4 is 5.97 Å². The van der Waals surface area contributed by atoms with E-state index < -0.39 is 11.6 Å². The maximum atomic E-state index is 12.1. The first-order valence-electron chi connectivity index (χ1n) is 9.13. The van der Waals surface area contributed by atoms with Gasteiger partial charge in [-0.15, -0.1) is 0 Å². The molecular formula is C24H21NO4. The molecule has 0 aliphatic heterocycles. The van der Waals surface area contributed by atoms with E-state index in [4.69, 9.17) is 9.47 Å². The first-order chi connectivity index (χ1) is 13.9. The molecule has 1 N–H and O–H groups in total. The van der Waals surface area contributed by atoms with Gasteiger partial charge in [0.1, 0.15) is 24.2 Å². The fourth-order valence-corrected chi connectivity index (χ4v) is 3.05. The summed E-state index contributed by atoms with van der Waals surface area (Å²) in [7, 11) is 0. The molecule has 0 aliphatic carbocycles. The number of benzene rings is 3. The topological polar surface area (TPSA) is 79.5 Å². The molecule has 0 spiro atoms. The minimum absolute atomic E-state index is 0.159. The third-order valence-electron chi connectivity index (χ3n) is 4.70. The Morgan fingerprint density at radius 1 is 1.07 bits per heavy atom. The van der Waals surface area contributed by atoms with Crippen LogP contribution in [0.2, 0.25) is 0 Å². The molecule has 5 nitrogen and oxygen atoms in total. The van der Waals surface area contributed by atoms with Crippen LogP contribution in [0.3, 0.4) is 0 Å². The second-order valence-electron chi connectivity index (χ2n) is 6.80. The maximum Gasteiger partial charge on any atom is 0.352 e. The van der Waals surface area contributed by atoms with Gasteiger partial charge in [-0.1, -0.05) is 54.6 Å². The zero-order valence-electron chi connectivity index (χ0n) is 16.3. The summed E-state index contributed by atoms with van der Waals surface area (Å²) >= 11 is 0. The fraction of sp³-hybridized carbons (Fsp3) is 0.167. The molecule has 5 heteroatoms. The van der Waals surface area contributed by atoms with Crippen molar-refractivity contribution in [3.63, 3.8) is 0 Å². The molecule has 3 rings (SSSR count). The minimum Gasteiger partial charge on any atom is -0.489 e. The summed E-state index contributed by atoms with van der Waals surface area (Å²) in [4.78, 5) is 12.1. The summed E-state index contributed by atoms with van der Waals surface area (Å²) in [5.41, 5.74) is 0.877. The molecule has 3 aromatic carbocycles. The quantitative estimate of drug-likeness (QED) is 0.628. The number of nitriles is 1. The van der Waals surface area contributed by atoms with Crippen LogP contribution in [0, 0.1) is 18.3 Å². The van der Waals surface area contributed by atoms with Crippen molar-refractivity contribution in [2.24, 2.45) is 0 Å². The molecular weight excluding hydrogens is 366 g/mol. The Balaban J connectivity index is 1.92. The van der Waals surface area contributed by atoms with E-state index in [0.29, 0.717) is 17.9 Å². The molecule has 146 valence electrons. The van der Waals surface area contributed by atoms with Crippen LogP contribution >= 0.6 is 0 Å². The standard InChI is InChI=1S/C24H21NO4/c1-17-8-6-7-11-21(17)24(2,23(26)27)29-22-14-20(13-12-19(22)15-25)28-16-18-9-4-3-5-10-18/h3-14H,16H2,1-2H3,(H,26,27). The molecule has 0 aromatic heterocycles. The summed E-state index contributed by atoms with van der Waals surface area (Å²) < 4.78 is 11.7. The van der Waals surface area contributed by atoms with Crippen LogP contribution in [0.5, 0.6) is 11.5 Å². The van der Waals surface area contributed by atoms with Crippen LogP contribution in [0.15, 0.2) is 72.8 Å². The molecule has 1 unspecified atom stereocenters. The van der Waals surface area contributed by atoms with Gasteiger partial charge in [0, 0.05) is 11.6 Å². The van der Waals surface area contributed by atoms with Gasteiger partial charge in [-0.3, -0.25) is 0 Å². The first kappa shape index (κ1) is 20.0. The highest BCUT2D eigenvalue weighted by atomic mass is 16.5. The van der Waals surface area contributed by atoms with Gasteiger partial charge in [-0.25, -0.2) is 4.79 Å². The zero-order chi connectivity index (χ0) is 20.9. The third-order valence-corrected chi connectivity index (χ3v) is 4.70. The molecule has 0 aliphatic rings. The van der Waals surface area contributed by atoms with Gasteiger partial charge in [0.15, 0.2) is 0 Å². The van der Waals surface area contributed by atoms with Gasteiger partial charge in [0.25, 0.3) is 0 Å². The Kier molecular flexibility index (Phi) is 5.85. The van der Waals surface area contributed by atoms with Crippen molar-refractivity contribution in [2.75, 3.05) is 0 Å². The first-order valence-corrected chi connectivity index (χ1v) is 9.13. The number of rotatable bonds is 7. The summed E-state index contributed by atoms with van der Waals surface area (Å²) in [6.07, 6.45) is 0. The largest absolute Gasteiger partial charge is 0.489 e. The van der Waals surface area contributed by atoms with Crippen molar-refractivity contribution in [3.05, 3.63) is 95.1 Å². The molecule has 0 amide bonds. The van der Waals surface area contributed by atoms with Crippen LogP contribution in [-0.2, 0) is 17.0 Å². The predicted molar refractivity (Wildman–Crippen MR) is 109 cm³/mol. The summed E-state index contributed by atoms with van der Waals surface area (Å²) in [5.74, 6) is -0.502. The highest BCUT2D eigenvalue weighted by Crippen LogP contribution is 2.34. The molecule has 0 saturated heterocycles. The average molecular weight is 387 g/mol. The Hall–Kier alpha value is -3.78. The number of carboxylic acids is 1. The van der Waals surface area contributed by atoms with Crippen LogP contribution in [0.4, 0.5) is 0 Å². The number of nitrogens with zero attached hydrogens (tertiary/aromatic N) is 1. The number of carbonyl (C=O) groups is 1. The van der Waals surface area contributed by atoms with Crippen molar-refractivity contribution in [2.45, 2.75) is 26.1 Å². The molecule has 0 radical (unpaired) electrons. The zero-order valence-corrected chi connectivity index (χ0v) is 16.3. The van der Waals surface area contributed by atoms with E-state index >= 15 is 0 Å². The van der Waals surface area contributed by atoms with E-state index in [2.05, 4.69) is 6.07 Å². The summed E-state index contributed by atoms with van der Waals surface area (Å²) in [6, 6.07) is 23.6. The van der Waals surface area contributed by atoms with Gasteiger partial charge in [-0.05, 0) is 37.1 Å². The highest BCUT2D eigenvalue weighted by Gasteiger charge is 2.39. The molecule has 3 aromatic rings. The number of ether oxygens (including phenoxy) is 2. The summed E-state index contributed by atoms with van der Waals surface area (Å²) in [5, 5.41) is 19.4. The predicted octanol–water partition coefficient (Wildman–Crippen LogP) is 4.82. The molecule has 29 heavy (non-hydrogen) atoms. The molecule has 0 saturated carbocycles. The number of aryl methyl sites for hydroxylation is 1. The van der Waals surface area contributed by atoms with E-state index in [0.717, 1.165) is 11.1 Å². The fourth-order valence-electron chi connectivity index (χ4n) is 3.05. The van der Waals surface area contributed by atoms with Gasteiger partial charge < -0.3 is 14.6 Å². The van der Waals surface area contributed by atoms with Crippen molar-refractivity contribution in [1.82, 2.24) is 0 Å². The lowest BCUT2D eigenvalue weighted by molar-refractivity contribution is -0.154. The van der Waals surface area contributed by atoms with Gasteiger partial charge in [-0.2, -0.15) is 5.26 Å². The second-order valence-corrected chi connectivity index (χ2v) is 6.80. The molecule has 0 bridgehead atoms. The number of aliphatic carboxylic acids is 1. The van der Waals surface area contributed by atoms with Crippen LogP contribution in [0.1, 0.15) is 29.2 Å². The monoisotopic (exact) mass is 387 g/mol. The van der Waals surface area contributed by atoms with Crippen LogP contribution in [0.25, 0.3) is 0 Å². The lowest BCUT2D eigenvalue weighted by Crippen LogP contribution is -2.39. The highest BCUT2D eigenvalue weighted by molar-refractivity contribution is 5.80. The van der Waals surface area contributed by atoms with E-state index in [1.807, 2.05) is 49.4 Å². The smallest absolute Gasteiger partial charge is 0.352 e. The van der Waals surface area contributed by atoms with E-state index in [1.54, 1.807) is 30.3 Å².